The molecule has 1 atom stereocenters. The highest BCUT2D eigenvalue weighted by Gasteiger charge is 2.30. The minimum Gasteiger partial charge on any atom is -0.338 e. The van der Waals surface area contributed by atoms with Gasteiger partial charge in [0.25, 0.3) is 0 Å². The first-order valence-corrected chi connectivity index (χ1v) is 8.48. The molecule has 1 aliphatic rings. The van der Waals surface area contributed by atoms with E-state index in [1.54, 1.807) is 4.90 Å². The van der Waals surface area contributed by atoms with E-state index in [9.17, 15) is 13.2 Å². The van der Waals surface area contributed by atoms with Gasteiger partial charge in [0.1, 0.15) is 0 Å². The maximum Gasteiger partial charge on any atom is 0.222 e. The van der Waals surface area contributed by atoms with Crippen LogP contribution < -0.4 is 5.73 Å². The Hall–Kier alpha value is -0.620. The van der Waals surface area contributed by atoms with Crippen molar-refractivity contribution in [3.8, 4) is 0 Å². The number of nitrogens with zero attached hydrogens (tertiary/aromatic N) is 1. The first-order valence-electron chi connectivity index (χ1n) is 6.66. The van der Waals surface area contributed by atoms with E-state index in [2.05, 4.69) is 0 Å². The van der Waals surface area contributed by atoms with E-state index in [-0.39, 0.29) is 23.5 Å². The minimum absolute atomic E-state index is 0.0881. The van der Waals surface area contributed by atoms with Crippen molar-refractivity contribution >= 4 is 15.7 Å². The monoisotopic (exact) mass is 276 g/mol. The molecule has 106 valence electrons. The van der Waals surface area contributed by atoms with E-state index in [0.717, 1.165) is 25.7 Å². The van der Waals surface area contributed by atoms with Crippen molar-refractivity contribution in [2.24, 2.45) is 5.73 Å². The Morgan fingerprint density at radius 2 is 1.94 bits per heavy atom. The molecule has 18 heavy (non-hydrogen) atoms. The number of sulfone groups is 1. The predicted molar refractivity (Wildman–Crippen MR) is 72.0 cm³/mol. The number of amides is 1. The van der Waals surface area contributed by atoms with Gasteiger partial charge >= 0.3 is 0 Å². The lowest BCUT2D eigenvalue weighted by molar-refractivity contribution is -0.132. The molecule has 0 radical (unpaired) electrons. The number of nitrogens with two attached hydrogens (primary N) is 1. The van der Waals surface area contributed by atoms with Crippen molar-refractivity contribution < 1.29 is 13.2 Å². The van der Waals surface area contributed by atoms with Gasteiger partial charge in [-0.15, -0.1) is 0 Å². The number of unbranched alkanes of at least 4 members (excludes halogenated alkanes) is 3. The Morgan fingerprint density at radius 1 is 1.28 bits per heavy atom. The topological polar surface area (TPSA) is 80.5 Å². The average molecular weight is 276 g/mol. The molecule has 1 unspecified atom stereocenters. The van der Waals surface area contributed by atoms with Crippen molar-refractivity contribution in [3.63, 3.8) is 0 Å². The predicted octanol–water partition coefficient (Wildman–Crippen LogP) is 0.541. The average Bonchev–Trinajstić information content (AvgIpc) is 2.27. The van der Waals surface area contributed by atoms with Crippen LogP contribution in [0.15, 0.2) is 0 Å². The molecular weight excluding hydrogens is 252 g/mol. The fraction of sp³-hybridized carbons (Fsp3) is 0.917. The Morgan fingerprint density at radius 3 is 2.56 bits per heavy atom. The van der Waals surface area contributed by atoms with Gasteiger partial charge in [0.05, 0.1) is 11.5 Å². The second kappa shape index (κ2) is 7.09. The molecule has 5 nitrogen and oxygen atoms in total. The van der Waals surface area contributed by atoms with E-state index < -0.39 is 9.84 Å². The summed E-state index contributed by atoms with van der Waals surface area (Å²) in [7, 11) is -2.94. The van der Waals surface area contributed by atoms with Crippen LogP contribution in [0.25, 0.3) is 0 Å². The molecule has 0 aliphatic carbocycles. The summed E-state index contributed by atoms with van der Waals surface area (Å²) in [5.74, 6) is 0.299. The lowest BCUT2D eigenvalue weighted by Crippen LogP contribution is -2.49. The smallest absolute Gasteiger partial charge is 0.222 e. The zero-order valence-electron chi connectivity index (χ0n) is 11.1. The first kappa shape index (κ1) is 15.4. The summed E-state index contributed by atoms with van der Waals surface area (Å²) in [6, 6.07) is -0.180. The Labute approximate surface area is 110 Å². The second-order valence-corrected chi connectivity index (χ2v) is 7.23. The standard InChI is InChI=1S/C12H24N2O3S/c1-11-10-18(16,17)9-8-14(11)12(15)6-4-2-3-5-7-13/h11H,2-10,13H2,1H3. The summed E-state index contributed by atoms with van der Waals surface area (Å²) < 4.78 is 22.8. The molecule has 1 heterocycles. The summed E-state index contributed by atoms with van der Waals surface area (Å²) >= 11 is 0. The van der Waals surface area contributed by atoms with Gasteiger partial charge in [0, 0.05) is 19.0 Å². The third-order valence-electron chi connectivity index (χ3n) is 3.34. The van der Waals surface area contributed by atoms with E-state index in [0.29, 0.717) is 19.5 Å². The molecule has 6 heteroatoms. The second-order valence-electron chi connectivity index (χ2n) is 5.00. The molecule has 1 saturated heterocycles. The highest BCUT2D eigenvalue weighted by Crippen LogP contribution is 2.14. The zero-order valence-corrected chi connectivity index (χ0v) is 11.9. The van der Waals surface area contributed by atoms with Gasteiger partial charge in [-0.1, -0.05) is 12.8 Å². The van der Waals surface area contributed by atoms with Gasteiger partial charge in [-0.05, 0) is 26.3 Å². The van der Waals surface area contributed by atoms with E-state index in [1.807, 2.05) is 6.92 Å². The van der Waals surface area contributed by atoms with Crippen LogP contribution >= 0.6 is 0 Å². The Kier molecular flexibility index (Phi) is 6.08. The van der Waals surface area contributed by atoms with Crippen LogP contribution in [0.3, 0.4) is 0 Å². The van der Waals surface area contributed by atoms with E-state index in [1.165, 1.54) is 0 Å². The van der Waals surface area contributed by atoms with Gasteiger partial charge < -0.3 is 10.6 Å². The molecule has 0 bridgehead atoms. The van der Waals surface area contributed by atoms with Crippen LogP contribution in [0, 0.1) is 0 Å². The summed E-state index contributed by atoms with van der Waals surface area (Å²) in [5.41, 5.74) is 5.40. The molecule has 1 fully saturated rings. The van der Waals surface area contributed by atoms with Crippen molar-refractivity contribution in [1.82, 2.24) is 4.90 Å². The number of hydrogen-bond acceptors (Lipinski definition) is 4. The van der Waals surface area contributed by atoms with Crippen molar-refractivity contribution in [1.29, 1.82) is 0 Å². The van der Waals surface area contributed by atoms with Crippen LogP contribution in [0.5, 0.6) is 0 Å². The lowest BCUT2D eigenvalue weighted by Gasteiger charge is -2.33. The number of carbonyl (C=O) groups is 1. The third-order valence-corrected chi connectivity index (χ3v) is 5.13. The molecule has 0 spiro atoms. The third kappa shape index (κ3) is 4.94. The van der Waals surface area contributed by atoms with Crippen LogP contribution in [-0.4, -0.2) is 49.9 Å². The van der Waals surface area contributed by atoms with Crippen LogP contribution in [0.4, 0.5) is 0 Å². The van der Waals surface area contributed by atoms with E-state index in [4.69, 9.17) is 5.73 Å². The first-order chi connectivity index (χ1) is 8.46. The molecular formula is C12H24N2O3S. The normalized spacial score (nSPS) is 23.0. The molecule has 2 N–H and O–H groups in total. The quantitative estimate of drug-likeness (QED) is 0.718. The van der Waals surface area contributed by atoms with Gasteiger partial charge in [-0.3, -0.25) is 4.79 Å². The van der Waals surface area contributed by atoms with Crippen molar-refractivity contribution in [2.75, 3.05) is 24.6 Å². The van der Waals surface area contributed by atoms with E-state index >= 15 is 0 Å². The molecule has 0 saturated carbocycles. The van der Waals surface area contributed by atoms with Gasteiger partial charge in [-0.25, -0.2) is 8.42 Å². The molecule has 0 aromatic heterocycles. The van der Waals surface area contributed by atoms with Crippen LogP contribution in [0.1, 0.15) is 39.0 Å². The fourth-order valence-corrected chi connectivity index (χ4v) is 3.84. The number of rotatable bonds is 6. The summed E-state index contributed by atoms with van der Waals surface area (Å²) in [6.07, 6.45) is 4.48. The Balaban J connectivity index is 2.30. The minimum atomic E-state index is -2.94. The summed E-state index contributed by atoms with van der Waals surface area (Å²) in [4.78, 5) is 13.7. The van der Waals surface area contributed by atoms with Crippen LogP contribution in [-0.2, 0) is 14.6 Å². The maximum atomic E-state index is 12.0. The van der Waals surface area contributed by atoms with Gasteiger partial charge in [0.15, 0.2) is 9.84 Å². The van der Waals surface area contributed by atoms with Crippen molar-refractivity contribution in [3.05, 3.63) is 0 Å². The summed E-state index contributed by atoms with van der Waals surface area (Å²) in [5, 5.41) is 0. The molecule has 1 rings (SSSR count). The number of hydrogen-bond donors (Lipinski definition) is 1. The van der Waals surface area contributed by atoms with Crippen molar-refractivity contribution in [2.45, 2.75) is 45.1 Å². The fourth-order valence-electron chi connectivity index (χ4n) is 2.29. The zero-order chi connectivity index (χ0) is 13.6. The van der Waals surface area contributed by atoms with Crippen LogP contribution in [0.2, 0.25) is 0 Å². The lowest BCUT2D eigenvalue weighted by atomic mass is 10.1. The van der Waals surface area contributed by atoms with Gasteiger partial charge in [0.2, 0.25) is 5.91 Å². The highest BCUT2D eigenvalue weighted by atomic mass is 32.2. The molecule has 0 aromatic carbocycles. The molecule has 1 amide bonds. The largest absolute Gasteiger partial charge is 0.338 e. The highest BCUT2D eigenvalue weighted by molar-refractivity contribution is 7.91. The molecule has 0 aromatic rings. The SMILES string of the molecule is CC1CS(=O)(=O)CCN1C(=O)CCCCCCN. The molecule has 1 aliphatic heterocycles. The maximum absolute atomic E-state index is 12.0. The number of carbonyl (C=O) groups excluding carboxylic acids is 1. The Bertz CT molecular complexity index is 368. The van der Waals surface area contributed by atoms with Gasteiger partial charge in [-0.2, -0.15) is 0 Å². The summed E-state index contributed by atoms with van der Waals surface area (Å²) in [6.45, 7) is 2.86.